The number of hydrogen-bond donors (Lipinski definition) is 0. The summed E-state index contributed by atoms with van der Waals surface area (Å²) >= 11 is 7.65. The molecule has 0 aliphatic carbocycles. The molecule has 1 atom stereocenters. The van der Waals surface area contributed by atoms with Crippen LogP contribution in [0.2, 0.25) is 0 Å². The molecule has 2 rings (SSSR count). The van der Waals surface area contributed by atoms with Gasteiger partial charge in [0.05, 0.1) is 5.38 Å². The quantitative estimate of drug-likeness (QED) is 0.744. The summed E-state index contributed by atoms with van der Waals surface area (Å²) in [4.78, 5) is 8.76. The van der Waals surface area contributed by atoms with E-state index in [0.29, 0.717) is 0 Å². The zero-order chi connectivity index (χ0) is 10.8. The summed E-state index contributed by atoms with van der Waals surface area (Å²) in [7, 11) is 0. The van der Waals surface area contributed by atoms with Crippen molar-refractivity contribution in [2.24, 2.45) is 0 Å². The van der Waals surface area contributed by atoms with Gasteiger partial charge in [0.1, 0.15) is 0 Å². The fraction of sp³-hybridized carbons (Fsp3) is 0.273. The van der Waals surface area contributed by atoms with Crippen LogP contribution in [0.25, 0.3) is 11.4 Å². The molecule has 0 N–H and O–H groups in total. The molecule has 0 saturated carbocycles. The highest BCUT2D eigenvalue weighted by Gasteiger charge is 2.09. The Kier molecular flexibility index (Phi) is 3.03. The predicted molar refractivity (Wildman–Crippen MR) is 64.4 cm³/mol. The normalized spacial score (nSPS) is 12.7. The first-order valence-electron chi connectivity index (χ1n) is 4.68. The van der Waals surface area contributed by atoms with Crippen LogP contribution in [0.3, 0.4) is 0 Å². The summed E-state index contributed by atoms with van der Waals surface area (Å²) in [5, 5.41) is 4.02. The SMILES string of the molecule is Cc1nc(-c2ccsc2)ncc1C(C)Cl. The van der Waals surface area contributed by atoms with E-state index in [0.717, 1.165) is 22.6 Å². The van der Waals surface area contributed by atoms with Crippen LogP contribution < -0.4 is 0 Å². The maximum absolute atomic E-state index is 6.01. The second-order valence-corrected chi connectivity index (χ2v) is 4.80. The van der Waals surface area contributed by atoms with Gasteiger partial charge in [0, 0.05) is 28.4 Å². The lowest BCUT2D eigenvalue weighted by Gasteiger charge is -2.07. The van der Waals surface area contributed by atoms with E-state index in [9.17, 15) is 0 Å². The van der Waals surface area contributed by atoms with Gasteiger partial charge in [-0.15, -0.1) is 11.6 Å². The summed E-state index contributed by atoms with van der Waals surface area (Å²) in [5.74, 6) is 0.773. The van der Waals surface area contributed by atoms with E-state index in [-0.39, 0.29) is 5.38 Å². The molecular weight excluding hydrogens is 228 g/mol. The zero-order valence-electron chi connectivity index (χ0n) is 8.57. The van der Waals surface area contributed by atoms with E-state index in [1.54, 1.807) is 11.3 Å². The van der Waals surface area contributed by atoms with Gasteiger partial charge in [-0.1, -0.05) is 0 Å². The fourth-order valence-corrected chi connectivity index (χ4v) is 2.25. The Morgan fingerprint density at radius 1 is 1.47 bits per heavy atom. The van der Waals surface area contributed by atoms with Crippen molar-refractivity contribution in [3.63, 3.8) is 0 Å². The molecule has 78 valence electrons. The molecule has 0 fully saturated rings. The van der Waals surface area contributed by atoms with Crippen molar-refractivity contribution in [2.75, 3.05) is 0 Å². The van der Waals surface area contributed by atoms with Crippen LogP contribution in [0.4, 0.5) is 0 Å². The number of aryl methyl sites for hydroxylation is 1. The van der Waals surface area contributed by atoms with Crippen LogP contribution in [-0.4, -0.2) is 9.97 Å². The van der Waals surface area contributed by atoms with E-state index in [4.69, 9.17) is 11.6 Å². The molecule has 4 heteroatoms. The van der Waals surface area contributed by atoms with Crippen molar-refractivity contribution in [3.8, 4) is 11.4 Å². The average Bonchev–Trinajstić information content (AvgIpc) is 2.69. The standard InChI is InChI=1S/C11H11ClN2S/c1-7(12)10-5-13-11(14-8(10)2)9-3-4-15-6-9/h3-7H,1-2H3. The van der Waals surface area contributed by atoms with Crippen LogP contribution in [0.15, 0.2) is 23.0 Å². The first kappa shape index (κ1) is 10.6. The van der Waals surface area contributed by atoms with Gasteiger partial charge in [-0.2, -0.15) is 11.3 Å². The maximum Gasteiger partial charge on any atom is 0.160 e. The first-order valence-corrected chi connectivity index (χ1v) is 6.06. The lowest BCUT2D eigenvalue weighted by atomic mass is 10.2. The number of alkyl halides is 1. The minimum atomic E-state index is -0.0403. The van der Waals surface area contributed by atoms with Crippen molar-refractivity contribution >= 4 is 22.9 Å². The summed E-state index contributed by atoms with van der Waals surface area (Å²) in [5.41, 5.74) is 3.02. The molecule has 0 bridgehead atoms. The lowest BCUT2D eigenvalue weighted by Crippen LogP contribution is -1.97. The Hall–Kier alpha value is -0.930. The fourth-order valence-electron chi connectivity index (χ4n) is 1.40. The Labute approximate surface area is 98.0 Å². The Balaban J connectivity index is 2.42. The highest BCUT2D eigenvalue weighted by molar-refractivity contribution is 7.08. The zero-order valence-corrected chi connectivity index (χ0v) is 10.1. The monoisotopic (exact) mass is 238 g/mol. The topological polar surface area (TPSA) is 25.8 Å². The molecule has 0 aliphatic rings. The van der Waals surface area contributed by atoms with Crippen LogP contribution in [-0.2, 0) is 0 Å². The number of aromatic nitrogens is 2. The van der Waals surface area contributed by atoms with Gasteiger partial charge in [-0.25, -0.2) is 9.97 Å². The van der Waals surface area contributed by atoms with Gasteiger partial charge in [0.25, 0.3) is 0 Å². The molecule has 2 aromatic heterocycles. The average molecular weight is 239 g/mol. The minimum absolute atomic E-state index is 0.0403. The number of hydrogen-bond acceptors (Lipinski definition) is 3. The third kappa shape index (κ3) is 2.19. The summed E-state index contributed by atoms with van der Waals surface area (Å²) < 4.78 is 0. The Morgan fingerprint density at radius 3 is 2.80 bits per heavy atom. The Bertz CT molecular complexity index is 452. The molecule has 2 nitrogen and oxygen atoms in total. The highest BCUT2D eigenvalue weighted by Crippen LogP contribution is 2.24. The van der Waals surface area contributed by atoms with E-state index in [2.05, 4.69) is 9.97 Å². The van der Waals surface area contributed by atoms with Crippen molar-refractivity contribution in [1.29, 1.82) is 0 Å². The number of rotatable bonds is 2. The molecule has 0 radical (unpaired) electrons. The van der Waals surface area contributed by atoms with Crippen LogP contribution in [0.1, 0.15) is 23.6 Å². The predicted octanol–water partition coefficient (Wildman–Crippen LogP) is 3.81. The number of thiophene rings is 1. The number of halogens is 1. The van der Waals surface area contributed by atoms with E-state index in [1.807, 2.05) is 36.9 Å². The summed E-state index contributed by atoms with van der Waals surface area (Å²) in [6.45, 7) is 3.89. The van der Waals surface area contributed by atoms with E-state index < -0.39 is 0 Å². The Morgan fingerprint density at radius 2 is 2.27 bits per heavy atom. The maximum atomic E-state index is 6.01. The lowest BCUT2D eigenvalue weighted by molar-refractivity contribution is 0.976. The van der Waals surface area contributed by atoms with Gasteiger partial charge >= 0.3 is 0 Å². The molecule has 2 heterocycles. The molecule has 0 aromatic carbocycles. The summed E-state index contributed by atoms with van der Waals surface area (Å²) in [6, 6.07) is 2.02. The van der Waals surface area contributed by atoms with Gasteiger partial charge in [-0.05, 0) is 25.3 Å². The molecule has 0 aliphatic heterocycles. The molecule has 1 unspecified atom stereocenters. The van der Waals surface area contributed by atoms with Crippen molar-refractivity contribution in [3.05, 3.63) is 34.3 Å². The van der Waals surface area contributed by atoms with Crippen LogP contribution in [0, 0.1) is 6.92 Å². The minimum Gasteiger partial charge on any atom is -0.236 e. The molecule has 0 saturated heterocycles. The molecular formula is C11H11ClN2S. The largest absolute Gasteiger partial charge is 0.236 e. The smallest absolute Gasteiger partial charge is 0.160 e. The molecule has 0 spiro atoms. The second-order valence-electron chi connectivity index (χ2n) is 3.36. The van der Waals surface area contributed by atoms with Crippen LogP contribution in [0.5, 0.6) is 0 Å². The molecule has 2 aromatic rings. The van der Waals surface area contributed by atoms with Gasteiger partial charge in [0.15, 0.2) is 5.82 Å². The van der Waals surface area contributed by atoms with Crippen molar-refractivity contribution in [2.45, 2.75) is 19.2 Å². The third-order valence-corrected chi connectivity index (χ3v) is 3.14. The van der Waals surface area contributed by atoms with Crippen molar-refractivity contribution < 1.29 is 0 Å². The van der Waals surface area contributed by atoms with Crippen molar-refractivity contribution in [1.82, 2.24) is 9.97 Å². The van der Waals surface area contributed by atoms with Gasteiger partial charge in [-0.3, -0.25) is 0 Å². The first-order chi connectivity index (χ1) is 7.18. The third-order valence-electron chi connectivity index (χ3n) is 2.23. The summed E-state index contributed by atoms with van der Waals surface area (Å²) in [6.07, 6.45) is 1.81. The number of nitrogens with zero attached hydrogens (tertiary/aromatic N) is 2. The second kappa shape index (κ2) is 4.29. The molecule has 15 heavy (non-hydrogen) atoms. The van der Waals surface area contributed by atoms with Crippen LogP contribution >= 0.6 is 22.9 Å². The van der Waals surface area contributed by atoms with Gasteiger partial charge < -0.3 is 0 Å². The van der Waals surface area contributed by atoms with E-state index >= 15 is 0 Å². The molecule has 0 amide bonds. The van der Waals surface area contributed by atoms with E-state index in [1.165, 1.54) is 0 Å². The van der Waals surface area contributed by atoms with Gasteiger partial charge in [0.2, 0.25) is 0 Å². The highest BCUT2D eigenvalue weighted by atomic mass is 35.5.